The minimum Gasteiger partial charge on any atom is -0.412 e. The fraction of sp³-hybridized carbons (Fsp3) is 1.00. The van der Waals surface area contributed by atoms with Crippen LogP contribution in [0.15, 0.2) is 0 Å². The van der Waals surface area contributed by atoms with Crippen molar-refractivity contribution in [2.24, 2.45) is 5.92 Å². The molecule has 0 aromatic rings. The Morgan fingerprint density at radius 3 is 2.00 bits per heavy atom. The number of methoxy groups -OCH3 is 1. The summed E-state index contributed by atoms with van der Waals surface area (Å²) in [6, 6.07) is 0. The minimum absolute atomic E-state index is 0. The van der Waals surface area contributed by atoms with E-state index in [4.69, 9.17) is 4.74 Å². The molecule has 1 saturated carbocycles. The van der Waals surface area contributed by atoms with Crippen LogP contribution in [0.3, 0.4) is 0 Å². The van der Waals surface area contributed by atoms with Crippen LogP contribution in [-0.2, 0) is 4.74 Å². The average molecular weight is 174 g/mol. The van der Waals surface area contributed by atoms with Gasteiger partial charge in [-0.3, -0.25) is 0 Å². The van der Waals surface area contributed by atoms with E-state index in [2.05, 4.69) is 13.8 Å². The summed E-state index contributed by atoms with van der Waals surface area (Å²) in [5, 5.41) is 0. The van der Waals surface area contributed by atoms with E-state index in [1.54, 1.807) is 0 Å². The molecule has 0 amide bonds. The highest BCUT2D eigenvalue weighted by Crippen LogP contribution is 2.33. The lowest BCUT2D eigenvalue weighted by Gasteiger charge is -2.35. The van der Waals surface area contributed by atoms with Gasteiger partial charge in [0.05, 0.1) is 5.60 Å². The zero-order valence-corrected chi connectivity index (χ0v) is 8.52. The van der Waals surface area contributed by atoms with Gasteiger partial charge in [-0.15, -0.1) is 0 Å². The molecule has 0 unspecified atom stereocenters. The number of rotatable bonds is 2. The van der Waals surface area contributed by atoms with Gasteiger partial charge in [0, 0.05) is 7.11 Å². The third-order valence-electron chi connectivity index (χ3n) is 3.11. The van der Waals surface area contributed by atoms with Crippen LogP contribution in [-0.4, -0.2) is 18.2 Å². The molecule has 0 saturated heterocycles. The van der Waals surface area contributed by atoms with Crippen molar-refractivity contribution in [2.45, 2.75) is 51.6 Å². The Balaban J connectivity index is 0.00000121. The van der Waals surface area contributed by atoms with Gasteiger partial charge in [0.15, 0.2) is 0 Å². The molecule has 12 heavy (non-hydrogen) atoms. The van der Waals surface area contributed by atoms with E-state index in [9.17, 15) is 0 Å². The molecule has 0 heterocycles. The average Bonchev–Trinajstić information content (AvgIpc) is 2.06. The third kappa shape index (κ3) is 2.76. The molecule has 2 heteroatoms. The monoisotopic (exact) mass is 174 g/mol. The van der Waals surface area contributed by atoms with Gasteiger partial charge in [0.1, 0.15) is 0 Å². The van der Waals surface area contributed by atoms with Gasteiger partial charge in [-0.2, -0.15) is 0 Å². The summed E-state index contributed by atoms with van der Waals surface area (Å²) < 4.78 is 5.48. The highest BCUT2D eigenvalue weighted by molar-refractivity contribution is 4.81. The first-order chi connectivity index (χ1) is 5.17. The van der Waals surface area contributed by atoms with Gasteiger partial charge in [-0.05, 0) is 32.6 Å². The normalized spacial score (nSPS) is 20.2. The van der Waals surface area contributed by atoms with Crippen molar-refractivity contribution in [3.05, 3.63) is 0 Å². The SMILES string of the molecule is COC(C)(C)C1CCCCC1.O. The van der Waals surface area contributed by atoms with E-state index in [-0.39, 0.29) is 11.1 Å². The second-order valence-electron chi connectivity index (χ2n) is 4.14. The van der Waals surface area contributed by atoms with Gasteiger partial charge >= 0.3 is 0 Å². The first-order valence-corrected chi connectivity index (χ1v) is 4.72. The zero-order valence-electron chi connectivity index (χ0n) is 8.52. The molecular weight excluding hydrogens is 152 g/mol. The Morgan fingerprint density at radius 2 is 1.58 bits per heavy atom. The molecule has 1 aliphatic carbocycles. The predicted molar refractivity (Wildman–Crippen MR) is 51.3 cm³/mol. The zero-order chi connectivity index (χ0) is 8.32. The van der Waals surface area contributed by atoms with Gasteiger partial charge in [-0.1, -0.05) is 19.3 Å². The van der Waals surface area contributed by atoms with E-state index >= 15 is 0 Å². The Bertz CT molecular complexity index is 115. The van der Waals surface area contributed by atoms with E-state index in [0.29, 0.717) is 0 Å². The standard InChI is InChI=1S/C10H20O.H2O/c1-10(2,11-3)9-7-5-4-6-8-9;/h9H,4-8H2,1-3H3;1H2. The van der Waals surface area contributed by atoms with Crippen molar-refractivity contribution in [3.63, 3.8) is 0 Å². The maximum absolute atomic E-state index is 5.48. The van der Waals surface area contributed by atoms with Crippen LogP contribution in [0.1, 0.15) is 46.0 Å². The number of hydrogen-bond acceptors (Lipinski definition) is 1. The van der Waals surface area contributed by atoms with Gasteiger partial charge in [-0.25, -0.2) is 0 Å². The summed E-state index contributed by atoms with van der Waals surface area (Å²) in [5.74, 6) is 0.793. The molecule has 0 aliphatic heterocycles. The van der Waals surface area contributed by atoms with E-state index in [1.807, 2.05) is 7.11 Å². The molecule has 0 spiro atoms. The molecule has 1 aliphatic rings. The summed E-state index contributed by atoms with van der Waals surface area (Å²) in [6.45, 7) is 4.42. The topological polar surface area (TPSA) is 40.7 Å². The van der Waals surface area contributed by atoms with Gasteiger partial charge in [0.2, 0.25) is 0 Å². The lowest BCUT2D eigenvalue weighted by atomic mass is 9.79. The molecule has 0 atom stereocenters. The molecule has 0 aromatic heterocycles. The number of hydrogen-bond donors (Lipinski definition) is 0. The molecule has 2 N–H and O–H groups in total. The van der Waals surface area contributed by atoms with Crippen molar-refractivity contribution in [1.82, 2.24) is 0 Å². The molecule has 0 radical (unpaired) electrons. The van der Waals surface area contributed by atoms with E-state index < -0.39 is 0 Å². The summed E-state index contributed by atoms with van der Waals surface area (Å²) in [7, 11) is 1.83. The summed E-state index contributed by atoms with van der Waals surface area (Å²) in [6.07, 6.45) is 6.95. The van der Waals surface area contributed by atoms with Crippen LogP contribution in [0.5, 0.6) is 0 Å². The largest absolute Gasteiger partial charge is 0.412 e. The van der Waals surface area contributed by atoms with Crippen molar-refractivity contribution >= 4 is 0 Å². The van der Waals surface area contributed by atoms with Gasteiger partial charge < -0.3 is 10.2 Å². The van der Waals surface area contributed by atoms with Crippen LogP contribution in [0.4, 0.5) is 0 Å². The molecule has 1 fully saturated rings. The second-order valence-corrected chi connectivity index (χ2v) is 4.14. The van der Waals surface area contributed by atoms with Crippen molar-refractivity contribution in [2.75, 3.05) is 7.11 Å². The molecule has 0 bridgehead atoms. The maximum Gasteiger partial charge on any atom is 0.0650 e. The summed E-state index contributed by atoms with van der Waals surface area (Å²) >= 11 is 0. The Morgan fingerprint density at radius 1 is 1.08 bits per heavy atom. The second kappa shape index (κ2) is 4.83. The Labute approximate surface area is 75.6 Å². The molecule has 74 valence electrons. The first kappa shape index (κ1) is 11.9. The third-order valence-corrected chi connectivity index (χ3v) is 3.11. The lowest BCUT2D eigenvalue weighted by Crippen LogP contribution is -2.34. The van der Waals surface area contributed by atoms with Crippen LogP contribution in [0.2, 0.25) is 0 Å². The van der Waals surface area contributed by atoms with Crippen molar-refractivity contribution in [1.29, 1.82) is 0 Å². The molecule has 1 rings (SSSR count). The van der Waals surface area contributed by atoms with Crippen molar-refractivity contribution in [3.8, 4) is 0 Å². The minimum atomic E-state index is 0. The van der Waals surface area contributed by atoms with E-state index in [0.717, 1.165) is 5.92 Å². The fourth-order valence-corrected chi connectivity index (χ4v) is 1.96. The smallest absolute Gasteiger partial charge is 0.0650 e. The number of ether oxygens (including phenoxy) is 1. The summed E-state index contributed by atoms with van der Waals surface area (Å²) in [4.78, 5) is 0. The van der Waals surface area contributed by atoms with Crippen LogP contribution in [0, 0.1) is 5.92 Å². The molecular formula is C10H22O2. The van der Waals surface area contributed by atoms with Crippen molar-refractivity contribution < 1.29 is 10.2 Å². The lowest BCUT2D eigenvalue weighted by molar-refractivity contribution is -0.0399. The highest BCUT2D eigenvalue weighted by atomic mass is 16.5. The fourth-order valence-electron chi connectivity index (χ4n) is 1.96. The predicted octanol–water partition coefficient (Wildman–Crippen LogP) is 2.17. The highest BCUT2D eigenvalue weighted by Gasteiger charge is 2.29. The van der Waals surface area contributed by atoms with Crippen LogP contribution >= 0.6 is 0 Å². The molecule has 2 nitrogen and oxygen atoms in total. The molecule has 0 aromatic carbocycles. The maximum atomic E-state index is 5.48. The summed E-state index contributed by atoms with van der Waals surface area (Å²) in [5.41, 5.74) is 0.112. The van der Waals surface area contributed by atoms with Crippen LogP contribution < -0.4 is 0 Å². The first-order valence-electron chi connectivity index (χ1n) is 4.72. The Hall–Kier alpha value is -0.0800. The van der Waals surface area contributed by atoms with Gasteiger partial charge in [0.25, 0.3) is 0 Å². The van der Waals surface area contributed by atoms with E-state index in [1.165, 1.54) is 32.1 Å². The van der Waals surface area contributed by atoms with Crippen LogP contribution in [0.25, 0.3) is 0 Å². The quantitative estimate of drug-likeness (QED) is 0.632. The Kier molecular flexibility index (Phi) is 4.80.